The van der Waals surface area contributed by atoms with Crippen molar-refractivity contribution in [3.05, 3.63) is 29.8 Å². The van der Waals surface area contributed by atoms with Crippen molar-refractivity contribution in [2.24, 2.45) is 23.7 Å². The van der Waals surface area contributed by atoms with Crippen molar-refractivity contribution >= 4 is 47.2 Å². The Labute approximate surface area is 330 Å². The highest BCUT2D eigenvalue weighted by Gasteiger charge is 2.43. The number of ether oxygens (including phenoxy) is 2. The fourth-order valence-corrected chi connectivity index (χ4v) is 7.61. The molecular weight excluding hydrogens is 730 g/mol. The van der Waals surface area contributed by atoms with Crippen molar-refractivity contribution in [1.29, 1.82) is 0 Å². The van der Waals surface area contributed by atoms with Gasteiger partial charge in [-0.25, -0.2) is 9.63 Å². The van der Waals surface area contributed by atoms with Crippen LogP contribution in [0.15, 0.2) is 24.3 Å². The van der Waals surface area contributed by atoms with Gasteiger partial charge in [-0.3, -0.25) is 24.0 Å². The normalized spacial score (nSPS) is 29.0. The Kier molecular flexibility index (Phi) is 17.4. The molecule has 0 unspecified atom stereocenters. The number of fused-ring (bicyclic) bond motifs is 1. The van der Waals surface area contributed by atoms with Gasteiger partial charge in [0.1, 0.15) is 41.8 Å². The van der Waals surface area contributed by atoms with Crippen LogP contribution < -0.4 is 20.2 Å². The summed E-state index contributed by atoms with van der Waals surface area (Å²) < 4.78 is 11.2. The molecule has 15 heteroatoms. The maximum absolute atomic E-state index is 14.4. The van der Waals surface area contributed by atoms with E-state index in [1.807, 2.05) is 41.5 Å². The molecule has 55 heavy (non-hydrogen) atoms. The summed E-state index contributed by atoms with van der Waals surface area (Å²) >= 11 is 6.08. The van der Waals surface area contributed by atoms with E-state index in [0.29, 0.717) is 37.0 Å². The highest BCUT2D eigenvalue weighted by molar-refractivity contribution is 6.15. The van der Waals surface area contributed by atoms with Crippen molar-refractivity contribution in [3.63, 3.8) is 0 Å². The first-order valence-electron chi connectivity index (χ1n) is 19.5. The number of Topliss-reactive ketones (excluding diaryl/α,β-unsaturated/α-hetero) is 1. The Hall–Kier alpha value is -3.75. The number of esters is 1. The number of hydrogen-bond acceptors (Lipinski definition) is 10. The van der Waals surface area contributed by atoms with Crippen molar-refractivity contribution in [2.75, 3.05) is 20.7 Å². The molecule has 0 aliphatic carbocycles. The second-order valence-corrected chi connectivity index (χ2v) is 16.1. The molecule has 2 fully saturated rings. The van der Waals surface area contributed by atoms with Gasteiger partial charge >= 0.3 is 5.97 Å². The molecule has 0 saturated carbocycles. The highest BCUT2D eigenvalue weighted by atomic mass is 35.5. The number of rotatable bonds is 9. The first-order valence-corrected chi connectivity index (χ1v) is 19.9. The van der Waals surface area contributed by atoms with E-state index in [9.17, 15) is 33.9 Å². The Morgan fingerprint density at radius 1 is 0.982 bits per heavy atom. The molecule has 2 saturated heterocycles. The van der Waals surface area contributed by atoms with E-state index < -0.39 is 77.9 Å². The van der Waals surface area contributed by atoms with Crippen LogP contribution in [-0.2, 0) is 39.9 Å². The minimum absolute atomic E-state index is 0.00192. The van der Waals surface area contributed by atoms with Gasteiger partial charge in [0.25, 0.3) is 0 Å². The molecule has 0 aromatic heterocycles. The molecule has 2 aliphatic heterocycles. The number of halogens is 1. The average molecular weight is 792 g/mol. The standard InChI is InChI=1S/C40H62ClN5O9/c1-10-24(6)34-33(48)21-27(47)20-29(23(4)5)36(49)42-30(18-22(2)3)38(51)46-17-11-12-31(46)39(52)45(8)32(19-26-13-15-28(54-9)16-14-26)40(53)55-25(7)35(44-41)37(50)43-34/h13-16,22-25,29-35,44,48H,10-12,17-21H2,1-9H3,(H,42,49)(H,43,50)/t24-,25+,29-,30-,31-,32-,33-,34+,35-/m0/s1. The number of nitrogens with one attached hydrogen (secondary N) is 3. The van der Waals surface area contributed by atoms with E-state index in [4.69, 9.17) is 21.3 Å². The highest BCUT2D eigenvalue weighted by Crippen LogP contribution is 2.26. The van der Waals surface area contributed by atoms with E-state index in [1.165, 1.54) is 30.9 Å². The summed E-state index contributed by atoms with van der Waals surface area (Å²) in [7, 11) is 3.02. The van der Waals surface area contributed by atoms with Gasteiger partial charge in [-0.2, -0.15) is 0 Å². The van der Waals surface area contributed by atoms with Crippen LogP contribution in [0.4, 0.5) is 0 Å². The molecule has 308 valence electrons. The third kappa shape index (κ3) is 12.1. The predicted molar refractivity (Wildman–Crippen MR) is 208 cm³/mol. The SMILES string of the molecule is CC[C@H](C)[C@H]1NC(=O)[C@@H](NCl)[C@@H](C)OC(=O)[C@H](Cc2ccc(OC)cc2)N(C)C(=O)[C@@H]2CCCN2C(=O)[C@H](CC(C)C)NC(=O)[C@H](C(C)C)CC(=O)C[C@@H]1O. The lowest BCUT2D eigenvalue weighted by molar-refractivity contribution is -0.161. The lowest BCUT2D eigenvalue weighted by atomic mass is 9.85. The zero-order valence-electron chi connectivity index (χ0n) is 33.8. The fourth-order valence-electron chi connectivity index (χ4n) is 7.34. The minimum atomic E-state index is -1.30. The van der Waals surface area contributed by atoms with Crippen molar-refractivity contribution in [2.45, 2.75) is 136 Å². The van der Waals surface area contributed by atoms with Crippen LogP contribution in [0.5, 0.6) is 5.75 Å². The number of nitrogens with zero attached hydrogens (tertiary/aromatic N) is 2. The number of carbonyl (C=O) groups is 6. The van der Waals surface area contributed by atoms with Crippen LogP contribution in [0.1, 0.15) is 92.6 Å². The van der Waals surface area contributed by atoms with Gasteiger partial charge < -0.3 is 35.0 Å². The molecule has 2 heterocycles. The van der Waals surface area contributed by atoms with Crippen molar-refractivity contribution < 1.29 is 43.3 Å². The zero-order chi connectivity index (χ0) is 41.1. The van der Waals surface area contributed by atoms with E-state index in [-0.39, 0.29) is 49.3 Å². The summed E-state index contributed by atoms with van der Waals surface area (Å²) in [5, 5.41) is 17.1. The first kappa shape index (κ1) is 45.6. The Morgan fingerprint density at radius 2 is 1.64 bits per heavy atom. The number of ketones is 1. The maximum Gasteiger partial charge on any atom is 0.329 e. The van der Waals surface area contributed by atoms with E-state index in [2.05, 4.69) is 15.5 Å². The van der Waals surface area contributed by atoms with Crippen LogP contribution >= 0.6 is 11.8 Å². The van der Waals surface area contributed by atoms with Crippen LogP contribution in [-0.4, -0.2) is 113 Å². The lowest BCUT2D eigenvalue weighted by Gasteiger charge is -2.35. The van der Waals surface area contributed by atoms with Crippen LogP contribution in [0.25, 0.3) is 0 Å². The Bertz CT molecular complexity index is 1490. The molecule has 9 atom stereocenters. The van der Waals surface area contributed by atoms with Gasteiger partial charge in [0, 0.05) is 38.8 Å². The van der Waals surface area contributed by atoms with Gasteiger partial charge in [-0.15, -0.1) is 0 Å². The second-order valence-electron chi connectivity index (χ2n) is 15.9. The number of methoxy groups -OCH3 is 1. The predicted octanol–water partition coefficient (Wildman–Crippen LogP) is 3.16. The molecule has 0 spiro atoms. The molecule has 1 aromatic carbocycles. The van der Waals surface area contributed by atoms with Gasteiger partial charge in [-0.1, -0.05) is 60.1 Å². The van der Waals surface area contributed by atoms with E-state index in [1.54, 1.807) is 24.3 Å². The third-order valence-corrected chi connectivity index (χ3v) is 11.2. The van der Waals surface area contributed by atoms with Gasteiger partial charge in [0.05, 0.1) is 19.3 Å². The molecule has 2 aliphatic rings. The topological polar surface area (TPSA) is 184 Å². The number of benzene rings is 1. The third-order valence-electron chi connectivity index (χ3n) is 11.0. The second kappa shape index (κ2) is 21.0. The minimum Gasteiger partial charge on any atom is -0.497 e. The largest absolute Gasteiger partial charge is 0.497 e. The maximum atomic E-state index is 14.4. The molecule has 0 radical (unpaired) electrons. The number of hydrogen-bond donors (Lipinski definition) is 4. The number of aliphatic hydroxyl groups excluding tert-OH is 1. The number of likely N-dealkylation sites (N-methyl/N-ethyl adjacent to an activating group) is 1. The summed E-state index contributed by atoms with van der Waals surface area (Å²) in [6, 6.07) is 1.78. The van der Waals surface area contributed by atoms with Crippen molar-refractivity contribution in [1.82, 2.24) is 25.3 Å². The lowest BCUT2D eigenvalue weighted by Crippen LogP contribution is -2.58. The van der Waals surface area contributed by atoms with E-state index >= 15 is 0 Å². The van der Waals surface area contributed by atoms with Gasteiger partial charge in [-0.05, 0) is 73.4 Å². The molecule has 3 rings (SSSR count). The molecule has 14 nitrogen and oxygen atoms in total. The summed E-state index contributed by atoms with van der Waals surface area (Å²) in [6.45, 7) is 12.9. The number of amides is 4. The molecule has 4 amide bonds. The molecular formula is C40H62ClN5O9. The van der Waals surface area contributed by atoms with Crippen LogP contribution in [0.2, 0.25) is 0 Å². The Balaban J connectivity index is 2.12. The number of aliphatic hydroxyl groups is 1. The van der Waals surface area contributed by atoms with Gasteiger partial charge in [0.15, 0.2) is 0 Å². The fraction of sp³-hybridized carbons (Fsp3) is 0.700. The zero-order valence-corrected chi connectivity index (χ0v) is 34.6. The van der Waals surface area contributed by atoms with Crippen LogP contribution in [0.3, 0.4) is 0 Å². The monoisotopic (exact) mass is 791 g/mol. The number of cyclic esters (lactones) is 1. The number of carbonyl (C=O) groups excluding carboxylic acids is 6. The average Bonchev–Trinajstić information content (AvgIpc) is 3.63. The summed E-state index contributed by atoms with van der Waals surface area (Å²) in [5.74, 6) is -3.99. The summed E-state index contributed by atoms with van der Waals surface area (Å²) in [4.78, 5) is 89.0. The van der Waals surface area contributed by atoms with E-state index in [0.717, 1.165) is 0 Å². The quantitative estimate of drug-likeness (QED) is 0.214. The van der Waals surface area contributed by atoms with Crippen LogP contribution in [0, 0.1) is 23.7 Å². The summed E-state index contributed by atoms with van der Waals surface area (Å²) in [5.41, 5.74) is 0.698. The molecule has 4 N–H and O–H groups in total. The summed E-state index contributed by atoms with van der Waals surface area (Å²) in [6.07, 6.45) is -1.20. The molecule has 1 aromatic rings. The smallest absolute Gasteiger partial charge is 0.329 e. The molecule has 0 bridgehead atoms. The Morgan fingerprint density at radius 3 is 2.20 bits per heavy atom. The van der Waals surface area contributed by atoms with Gasteiger partial charge in [0.2, 0.25) is 23.6 Å². The first-order chi connectivity index (χ1) is 25.9. The van der Waals surface area contributed by atoms with Crippen molar-refractivity contribution in [3.8, 4) is 5.75 Å².